The van der Waals surface area contributed by atoms with Crippen LogP contribution >= 0.6 is 0 Å². The Balaban J connectivity index is 2.31. The lowest BCUT2D eigenvalue weighted by molar-refractivity contribution is -0.119. The van der Waals surface area contributed by atoms with Gasteiger partial charge < -0.3 is 0 Å². The first-order valence-electron chi connectivity index (χ1n) is 3.60. The second-order valence-corrected chi connectivity index (χ2v) is 2.74. The van der Waals surface area contributed by atoms with Gasteiger partial charge in [0.15, 0.2) is 0 Å². The molecule has 1 aliphatic carbocycles. The van der Waals surface area contributed by atoms with Gasteiger partial charge in [0.25, 0.3) is 0 Å². The van der Waals surface area contributed by atoms with E-state index in [-0.39, 0.29) is 11.7 Å². The van der Waals surface area contributed by atoms with Gasteiger partial charge in [0.2, 0.25) is 0 Å². The van der Waals surface area contributed by atoms with Gasteiger partial charge in [-0.15, -0.1) is 0 Å². The molecule has 0 N–H and O–H groups in total. The zero-order chi connectivity index (χ0) is 6.69. The first-order valence-corrected chi connectivity index (χ1v) is 3.60. The summed E-state index contributed by atoms with van der Waals surface area (Å²) in [6, 6.07) is 0. The Morgan fingerprint density at radius 1 is 1.22 bits per heavy atom. The molecule has 1 nitrogen and oxygen atoms in total. The molecule has 1 aliphatic rings. The standard InChI is InChI=1S/C8H12O/c1-7(9)8-5-3-2-4-6-8/h1,8H,2-6H2. The third-order valence-corrected chi connectivity index (χ3v) is 2.01. The van der Waals surface area contributed by atoms with Crippen LogP contribution in [0.4, 0.5) is 0 Å². The average molecular weight is 124 g/mol. The predicted molar refractivity (Wildman–Crippen MR) is 35.9 cm³/mol. The highest BCUT2D eigenvalue weighted by molar-refractivity contribution is 5.84. The lowest BCUT2D eigenvalue weighted by atomic mass is 9.87. The van der Waals surface area contributed by atoms with Gasteiger partial charge in [0.1, 0.15) is 5.78 Å². The van der Waals surface area contributed by atoms with Crippen LogP contribution in [0.2, 0.25) is 0 Å². The quantitative estimate of drug-likeness (QED) is 0.521. The summed E-state index contributed by atoms with van der Waals surface area (Å²) in [6.07, 6.45) is 5.70. The van der Waals surface area contributed by atoms with Crippen molar-refractivity contribution < 1.29 is 4.79 Å². The van der Waals surface area contributed by atoms with Crippen molar-refractivity contribution in [3.8, 4) is 0 Å². The van der Waals surface area contributed by atoms with Crippen molar-refractivity contribution in [1.82, 2.24) is 0 Å². The van der Waals surface area contributed by atoms with Gasteiger partial charge in [-0.2, -0.15) is 0 Å². The molecule has 0 spiro atoms. The average Bonchev–Trinajstić information content (AvgIpc) is 1.90. The highest BCUT2D eigenvalue weighted by Crippen LogP contribution is 2.23. The van der Waals surface area contributed by atoms with Crippen molar-refractivity contribution >= 4 is 5.78 Å². The fourth-order valence-electron chi connectivity index (χ4n) is 1.39. The van der Waals surface area contributed by atoms with E-state index < -0.39 is 0 Å². The zero-order valence-corrected chi connectivity index (χ0v) is 5.60. The fourth-order valence-corrected chi connectivity index (χ4v) is 1.39. The molecule has 1 saturated carbocycles. The largest absolute Gasteiger partial charge is 0.299 e. The van der Waals surface area contributed by atoms with E-state index in [0.717, 1.165) is 12.8 Å². The van der Waals surface area contributed by atoms with E-state index in [1.165, 1.54) is 19.3 Å². The SMILES string of the molecule is [CH]C(=O)C1CCCCC1. The number of carbonyl (C=O) groups excluding carboxylic acids is 1. The molecule has 0 aromatic carbocycles. The first kappa shape index (κ1) is 6.79. The number of hydrogen-bond acceptors (Lipinski definition) is 1. The van der Waals surface area contributed by atoms with Crippen LogP contribution in [0.3, 0.4) is 0 Å². The van der Waals surface area contributed by atoms with E-state index in [9.17, 15) is 4.79 Å². The van der Waals surface area contributed by atoms with Gasteiger partial charge in [0.05, 0.1) is 0 Å². The summed E-state index contributed by atoms with van der Waals surface area (Å²) >= 11 is 0. The summed E-state index contributed by atoms with van der Waals surface area (Å²) in [6.45, 7) is 5.13. The molecule has 0 heterocycles. The second kappa shape index (κ2) is 3.00. The number of carbonyl (C=O) groups is 1. The van der Waals surface area contributed by atoms with Gasteiger partial charge in [-0.3, -0.25) is 4.79 Å². The lowest BCUT2D eigenvalue weighted by Gasteiger charge is -2.17. The zero-order valence-electron chi connectivity index (χ0n) is 5.60. The second-order valence-electron chi connectivity index (χ2n) is 2.74. The monoisotopic (exact) mass is 124 g/mol. The summed E-state index contributed by atoms with van der Waals surface area (Å²) in [7, 11) is 0. The van der Waals surface area contributed by atoms with Crippen LogP contribution in [0.25, 0.3) is 0 Å². The number of hydrogen-bond donors (Lipinski definition) is 0. The van der Waals surface area contributed by atoms with Crippen LogP contribution in [0, 0.1) is 12.8 Å². The minimum absolute atomic E-state index is 0.102. The Morgan fingerprint density at radius 3 is 2.11 bits per heavy atom. The van der Waals surface area contributed by atoms with Gasteiger partial charge in [-0.25, -0.2) is 0 Å². The molecule has 1 fully saturated rings. The van der Waals surface area contributed by atoms with E-state index in [2.05, 4.69) is 0 Å². The van der Waals surface area contributed by atoms with Crippen LogP contribution in [0.1, 0.15) is 32.1 Å². The van der Waals surface area contributed by atoms with Gasteiger partial charge in [-0.05, 0) is 12.8 Å². The van der Waals surface area contributed by atoms with Crippen LogP contribution in [-0.4, -0.2) is 5.78 Å². The number of ketones is 1. The molecule has 0 amide bonds. The third-order valence-electron chi connectivity index (χ3n) is 2.01. The molecule has 0 atom stereocenters. The molecule has 0 unspecified atom stereocenters. The molecule has 50 valence electrons. The molecule has 0 saturated heterocycles. The topological polar surface area (TPSA) is 17.1 Å². The molecule has 0 aromatic heterocycles. The van der Waals surface area contributed by atoms with E-state index >= 15 is 0 Å². The molecule has 0 bridgehead atoms. The van der Waals surface area contributed by atoms with Crippen LogP contribution in [0.5, 0.6) is 0 Å². The molecule has 1 rings (SSSR count). The summed E-state index contributed by atoms with van der Waals surface area (Å²) in [4.78, 5) is 10.6. The maximum absolute atomic E-state index is 10.6. The highest BCUT2D eigenvalue weighted by atomic mass is 16.1. The summed E-state index contributed by atoms with van der Waals surface area (Å²) in [5.41, 5.74) is 0. The molecule has 0 aromatic rings. The minimum atomic E-state index is -0.102. The van der Waals surface area contributed by atoms with E-state index in [1.807, 2.05) is 0 Å². The van der Waals surface area contributed by atoms with Crippen molar-refractivity contribution in [3.63, 3.8) is 0 Å². The normalized spacial score (nSPS) is 21.9. The molecule has 9 heavy (non-hydrogen) atoms. The Kier molecular flexibility index (Phi) is 2.26. The van der Waals surface area contributed by atoms with E-state index in [1.54, 1.807) is 0 Å². The summed E-state index contributed by atoms with van der Waals surface area (Å²) < 4.78 is 0. The Hall–Kier alpha value is -0.330. The van der Waals surface area contributed by atoms with E-state index in [0.29, 0.717) is 0 Å². The van der Waals surface area contributed by atoms with Crippen LogP contribution in [-0.2, 0) is 4.79 Å². The molecule has 1 heteroatoms. The van der Waals surface area contributed by atoms with Crippen LogP contribution in [0.15, 0.2) is 0 Å². The lowest BCUT2D eigenvalue weighted by Crippen LogP contribution is -2.14. The molecule has 0 aliphatic heterocycles. The minimum Gasteiger partial charge on any atom is -0.299 e. The summed E-state index contributed by atoms with van der Waals surface area (Å²) in [5, 5.41) is 0. The Morgan fingerprint density at radius 2 is 1.78 bits per heavy atom. The Labute approximate surface area is 56.4 Å². The third kappa shape index (κ3) is 1.81. The van der Waals surface area contributed by atoms with Crippen LogP contribution < -0.4 is 0 Å². The van der Waals surface area contributed by atoms with E-state index in [4.69, 9.17) is 6.92 Å². The first-order chi connectivity index (χ1) is 4.30. The van der Waals surface area contributed by atoms with Gasteiger partial charge >= 0.3 is 0 Å². The maximum Gasteiger partial charge on any atom is 0.140 e. The highest BCUT2D eigenvalue weighted by Gasteiger charge is 2.16. The summed E-state index contributed by atoms with van der Waals surface area (Å²) in [5.74, 6) is 0.0912. The molecular formula is C8H12O. The Bertz CT molecular complexity index is 101. The molecular weight excluding hydrogens is 112 g/mol. The predicted octanol–water partition coefficient (Wildman–Crippen LogP) is 1.85. The van der Waals surface area contributed by atoms with Crippen molar-refractivity contribution in [3.05, 3.63) is 6.92 Å². The van der Waals surface area contributed by atoms with Crippen molar-refractivity contribution in [2.24, 2.45) is 5.92 Å². The fraction of sp³-hybridized carbons (Fsp3) is 0.750. The van der Waals surface area contributed by atoms with Crippen molar-refractivity contribution in [1.29, 1.82) is 0 Å². The van der Waals surface area contributed by atoms with Crippen molar-refractivity contribution in [2.75, 3.05) is 0 Å². The maximum atomic E-state index is 10.6. The molecule has 2 radical (unpaired) electrons. The number of Topliss-reactive ketones (excluding diaryl/α,β-unsaturated/α-hetero) is 1. The van der Waals surface area contributed by atoms with Gasteiger partial charge in [-0.1, -0.05) is 19.3 Å². The van der Waals surface area contributed by atoms with Gasteiger partial charge in [0, 0.05) is 12.8 Å². The van der Waals surface area contributed by atoms with Crippen molar-refractivity contribution in [2.45, 2.75) is 32.1 Å². The smallest absolute Gasteiger partial charge is 0.140 e. The number of rotatable bonds is 1.